The minimum absolute atomic E-state index is 0.228. The predicted octanol–water partition coefficient (Wildman–Crippen LogP) is 8.40. The van der Waals surface area contributed by atoms with Crippen LogP contribution in [-0.4, -0.2) is 49.0 Å². The van der Waals surface area contributed by atoms with Gasteiger partial charge < -0.3 is 49.4 Å². The molecule has 14 nitrogen and oxygen atoms in total. The average Bonchev–Trinajstić information content (AvgIpc) is 3.40. The molecule has 0 unspecified atom stereocenters. The summed E-state index contributed by atoms with van der Waals surface area (Å²) < 4.78 is 53.6. The van der Waals surface area contributed by atoms with Gasteiger partial charge in [0.1, 0.15) is 57.1 Å². The summed E-state index contributed by atoms with van der Waals surface area (Å²) in [4.78, 5) is 33.8. The highest BCUT2D eigenvalue weighted by atomic mass is 16.7. The van der Waals surface area contributed by atoms with Crippen LogP contribution in [0.15, 0.2) is 122 Å². The summed E-state index contributed by atoms with van der Waals surface area (Å²) in [5.74, 6) is 16.3. The zero-order valence-electron chi connectivity index (χ0n) is 39.3. The summed E-state index contributed by atoms with van der Waals surface area (Å²) in [5, 5.41) is 0. The first-order valence-electron chi connectivity index (χ1n) is 23.7. The van der Waals surface area contributed by atoms with Crippen LogP contribution < -0.4 is 49.4 Å². The molecule has 2 amide bonds. The molecule has 8 aromatic rings. The smallest absolute Gasteiger partial charge is 0.248 e. The normalized spacial score (nSPS) is 13.8. The SMILES string of the molecule is NC(=O)c1cccc(-c2c3c4cc5c2OCOc2c(cc6c(c2C#Cc2ccncc2)OCOc2c(cc7c(c2-c2cccc(C(N)=O)c2)OCOc2c(cc(c(c2C#Cc2ccncc2)OCO3)C4)C7)C6)C5)c1. The lowest BCUT2D eigenvalue weighted by atomic mass is 9.85. The van der Waals surface area contributed by atoms with Gasteiger partial charge in [0, 0.05) is 117 Å². The van der Waals surface area contributed by atoms with E-state index in [2.05, 4.69) is 57.9 Å². The van der Waals surface area contributed by atoms with Crippen LogP contribution in [0.3, 0.4) is 0 Å². The Bertz CT molecular complexity index is 3460. The summed E-state index contributed by atoms with van der Waals surface area (Å²) in [6, 6.07) is 30.0. The number of nitrogens with zero attached hydrogens (tertiary/aromatic N) is 2. The number of carbonyl (C=O) groups is 2. The summed E-state index contributed by atoms with van der Waals surface area (Å²) in [7, 11) is 0. The maximum atomic E-state index is 12.7. The van der Waals surface area contributed by atoms with Crippen molar-refractivity contribution in [2.45, 2.75) is 25.7 Å². The number of rotatable bonds is 4. The van der Waals surface area contributed by atoms with Crippen LogP contribution in [-0.2, 0) is 25.7 Å². The number of benzene rings is 6. The summed E-state index contributed by atoms with van der Waals surface area (Å²) >= 11 is 0. The lowest BCUT2D eigenvalue weighted by molar-refractivity contribution is 0.0992. The lowest BCUT2D eigenvalue weighted by Gasteiger charge is -2.31. The lowest BCUT2D eigenvalue weighted by Crippen LogP contribution is -2.21. The second kappa shape index (κ2) is 18.0. The maximum Gasteiger partial charge on any atom is 0.248 e. The molecule has 1 aliphatic carbocycles. The molecule has 360 valence electrons. The molecule has 8 bridgehead atoms. The second-order valence-corrected chi connectivity index (χ2v) is 18.1. The molecule has 6 heterocycles. The number of hydrogen-bond donors (Lipinski definition) is 2. The highest BCUT2D eigenvalue weighted by Gasteiger charge is 2.34. The Balaban J connectivity index is 1.13. The van der Waals surface area contributed by atoms with Crippen molar-refractivity contribution < 1.29 is 47.5 Å². The highest BCUT2D eigenvalue weighted by molar-refractivity contribution is 5.96. The molecule has 6 aromatic carbocycles. The van der Waals surface area contributed by atoms with Gasteiger partial charge in [-0.1, -0.05) is 47.9 Å². The molecule has 0 spiro atoms. The topological polar surface area (TPSA) is 186 Å². The Hall–Kier alpha value is -9.92. The van der Waals surface area contributed by atoms with E-state index in [0.717, 1.165) is 55.6 Å². The fourth-order valence-electron chi connectivity index (χ4n) is 10.4. The second-order valence-electron chi connectivity index (χ2n) is 18.1. The minimum atomic E-state index is -0.581. The fourth-order valence-corrected chi connectivity index (χ4v) is 10.4. The summed E-state index contributed by atoms with van der Waals surface area (Å²) in [5.41, 5.74) is 24.0. The first-order chi connectivity index (χ1) is 36.3. The molecule has 14 heteroatoms. The van der Waals surface area contributed by atoms with E-state index in [1.54, 1.807) is 61.2 Å². The van der Waals surface area contributed by atoms with Gasteiger partial charge in [0.25, 0.3) is 0 Å². The molecular formula is C60H40N4O10. The van der Waals surface area contributed by atoms with Gasteiger partial charge in [-0.15, -0.1) is 0 Å². The zero-order valence-corrected chi connectivity index (χ0v) is 39.3. The van der Waals surface area contributed by atoms with Crippen molar-refractivity contribution in [3.05, 3.63) is 200 Å². The molecule has 0 saturated carbocycles. The third-order valence-electron chi connectivity index (χ3n) is 13.6. The van der Waals surface area contributed by atoms with Gasteiger partial charge in [-0.2, -0.15) is 0 Å². The Kier molecular flexibility index (Phi) is 10.7. The van der Waals surface area contributed by atoms with Crippen LogP contribution in [0.5, 0.6) is 46.0 Å². The number of pyridine rings is 2. The van der Waals surface area contributed by atoms with Crippen molar-refractivity contribution in [2.24, 2.45) is 11.5 Å². The van der Waals surface area contributed by atoms with E-state index in [9.17, 15) is 9.59 Å². The maximum absolute atomic E-state index is 12.7. The molecule has 0 radical (unpaired) electrons. The zero-order chi connectivity index (χ0) is 49.9. The van der Waals surface area contributed by atoms with Crippen LogP contribution in [0.1, 0.15) is 87.5 Å². The Morgan fingerprint density at radius 3 is 0.986 bits per heavy atom. The van der Waals surface area contributed by atoms with Gasteiger partial charge in [0.15, 0.2) is 0 Å². The summed E-state index contributed by atoms with van der Waals surface area (Å²) in [6.45, 7) is -0.912. The van der Waals surface area contributed by atoms with Gasteiger partial charge in [0.2, 0.25) is 39.0 Å². The van der Waals surface area contributed by atoms with Crippen LogP contribution >= 0.6 is 0 Å². The van der Waals surface area contributed by atoms with Crippen molar-refractivity contribution >= 4 is 11.8 Å². The first-order valence-corrected chi connectivity index (χ1v) is 23.7. The van der Waals surface area contributed by atoms with E-state index in [4.69, 9.17) is 49.4 Å². The molecule has 4 N–H and O–H groups in total. The number of aromatic nitrogens is 2. The van der Waals surface area contributed by atoms with Crippen molar-refractivity contribution in [3.63, 3.8) is 0 Å². The van der Waals surface area contributed by atoms with E-state index in [1.165, 1.54) is 0 Å². The molecule has 0 saturated heterocycles. The van der Waals surface area contributed by atoms with E-state index in [1.807, 2.05) is 36.4 Å². The number of amides is 2. The van der Waals surface area contributed by atoms with Crippen LogP contribution in [0.2, 0.25) is 0 Å². The number of ether oxygens (including phenoxy) is 8. The number of carbonyl (C=O) groups excluding carboxylic acids is 2. The van der Waals surface area contributed by atoms with Crippen molar-refractivity contribution in [1.82, 2.24) is 9.97 Å². The average molecular weight is 977 g/mol. The number of hydrogen-bond acceptors (Lipinski definition) is 12. The molecule has 13 rings (SSSR count). The molecule has 74 heavy (non-hydrogen) atoms. The fraction of sp³-hybridized carbons (Fsp3) is 0.133. The van der Waals surface area contributed by atoms with E-state index in [-0.39, 0.29) is 27.2 Å². The van der Waals surface area contributed by atoms with E-state index < -0.39 is 11.8 Å². The minimum Gasteiger partial charge on any atom is -0.456 e. The molecule has 5 aliphatic rings. The third-order valence-corrected chi connectivity index (χ3v) is 13.6. The predicted molar refractivity (Wildman–Crippen MR) is 270 cm³/mol. The van der Waals surface area contributed by atoms with Crippen molar-refractivity contribution in [2.75, 3.05) is 27.2 Å². The van der Waals surface area contributed by atoms with Gasteiger partial charge in [0.05, 0.1) is 11.1 Å². The monoisotopic (exact) mass is 976 g/mol. The largest absolute Gasteiger partial charge is 0.456 e. The molecular weight excluding hydrogens is 937 g/mol. The van der Waals surface area contributed by atoms with Crippen LogP contribution in [0.4, 0.5) is 0 Å². The van der Waals surface area contributed by atoms with Crippen LogP contribution in [0.25, 0.3) is 22.3 Å². The van der Waals surface area contributed by atoms with E-state index in [0.29, 0.717) is 116 Å². The summed E-state index contributed by atoms with van der Waals surface area (Å²) in [6.07, 6.45) is 8.01. The van der Waals surface area contributed by atoms with E-state index >= 15 is 0 Å². The van der Waals surface area contributed by atoms with Gasteiger partial charge in [-0.25, -0.2) is 0 Å². The third kappa shape index (κ3) is 7.82. The standard InChI is InChI=1S/C60H40N4O10/c61-59(65)37-5-1-3-35(19-37)49-55-43-23-39-21-41-25-45-28-46-26-42-22-40-24-44(27-43)56(49)72-30-68-52(40)48(10-8-34-13-17-64-18-14-34)54(42)70-32-74-58(46)50(36-4-2-6-38(20-36)60(62)66)57(45)73-31-69-53(41)47(51(39)67-29-71-55)9-7-33-11-15-63-16-12-33/h1-6,11-22,27-28H,23-26,29-32H2,(H2,61,65)(H2,62,66). The quantitative estimate of drug-likeness (QED) is 0.161. The first kappa shape index (κ1) is 44.1. The Labute approximate surface area is 423 Å². The molecule has 4 aliphatic heterocycles. The van der Waals surface area contributed by atoms with Gasteiger partial charge >= 0.3 is 0 Å². The van der Waals surface area contributed by atoms with Crippen LogP contribution in [0, 0.1) is 23.7 Å². The van der Waals surface area contributed by atoms with Gasteiger partial charge in [-0.05, 0) is 83.9 Å². The molecule has 2 aromatic heterocycles. The van der Waals surface area contributed by atoms with Gasteiger partial charge in [-0.3, -0.25) is 19.6 Å². The highest BCUT2D eigenvalue weighted by Crippen LogP contribution is 2.53. The number of primary amides is 2. The van der Waals surface area contributed by atoms with Crippen molar-refractivity contribution in [3.8, 4) is 91.9 Å². The Morgan fingerprint density at radius 1 is 0.378 bits per heavy atom. The number of nitrogens with two attached hydrogens (primary N) is 2. The molecule has 0 atom stereocenters. The Morgan fingerprint density at radius 2 is 0.676 bits per heavy atom. The van der Waals surface area contributed by atoms with Crippen molar-refractivity contribution in [1.29, 1.82) is 0 Å². The molecule has 0 fully saturated rings.